The van der Waals surface area contributed by atoms with E-state index in [4.69, 9.17) is 0 Å². The van der Waals surface area contributed by atoms with Crippen LogP contribution >= 0.6 is 0 Å². The first kappa shape index (κ1) is 15.0. The highest BCUT2D eigenvalue weighted by Crippen LogP contribution is 2.24. The zero-order valence-corrected chi connectivity index (χ0v) is 12.5. The van der Waals surface area contributed by atoms with E-state index < -0.39 is 14.9 Å². The van der Waals surface area contributed by atoms with Crippen molar-refractivity contribution in [1.29, 1.82) is 0 Å². The topological polar surface area (TPSA) is 118 Å². The molecular formula is C12H14N4O4S. The Morgan fingerprint density at radius 3 is 2.43 bits per heavy atom. The maximum Gasteiger partial charge on any atom is 0.269 e. The minimum Gasteiger partial charge on any atom is -0.280 e. The molecule has 0 aliphatic rings. The fourth-order valence-corrected chi connectivity index (χ4v) is 3.11. The summed E-state index contributed by atoms with van der Waals surface area (Å²) in [7, 11) is -3.85. The van der Waals surface area contributed by atoms with Crippen LogP contribution in [0.15, 0.2) is 23.1 Å². The summed E-state index contributed by atoms with van der Waals surface area (Å²) in [6.45, 7) is 5.01. The molecule has 0 atom stereocenters. The number of non-ortho nitro benzene ring substituents is 1. The van der Waals surface area contributed by atoms with Gasteiger partial charge in [0.1, 0.15) is 0 Å². The van der Waals surface area contributed by atoms with Crippen LogP contribution in [0.25, 0.3) is 0 Å². The molecule has 0 spiro atoms. The number of anilines is 1. The summed E-state index contributed by atoms with van der Waals surface area (Å²) < 4.78 is 27.0. The smallest absolute Gasteiger partial charge is 0.269 e. The molecule has 0 amide bonds. The third-order valence-corrected chi connectivity index (χ3v) is 4.64. The SMILES string of the molecule is Cc1cc([N+](=O)[O-])ccc1S(=O)(=O)Nc1n[nH]c(C)c1C. The van der Waals surface area contributed by atoms with Gasteiger partial charge in [0, 0.05) is 23.4 Å². The zero-order valence-electron chi connectivity index (χ0n) is 11.7. The predicted octanol–water partition coefficient (Wildman–Crippen LogP) is 2.04. The molecule has 1 aromatic heterocycles. The van der Waals surface area contributed by atoms with E-state index in [9.17, 15) is 18.5 Å². The molecule has 112 valence electrons. The van der Waals surface area contributed by atoms with Crippen molar-refractivity contribution < 1.29 is 13.3 Å². The van der Waals surface area contributed by atoms with Crippen molar-refractivity contribution >= 4 is 21.5 Å². The number of H-pyrrole nitrogens is 1. The van der Waals surface area contributed by atoms with Gasteiger partial charge in [-0.15, -0.1) is 0 Å². The number of hydrogen-bond acceptors (Lipinski definition) is 5. The summed E-state index contributed by atoms with van der Waals surface area (Å²) in [5.41, 5.74) is 1.59. The first-order valence-corrected chi connectivity index (χ1v) is 7.50. The van der Waals surface area contributed by atoms with Gasteiger partial charge in [-0.2, -0.15) is 5.10 Å². The molecule has 8 nitrogen and oxygen atoms in total. The van der Waals surface area contributed by atoms with Gasteiger partial charge in [0.25, 0.3) is 15.7 Å². The molecule has 0 bridgehead atoms. The number of nitro groups is 1. The molecule has 0 fully saturated rings. The first-order chi connectivity index (χ1) is 9.72. The molecular weight excluding hydrogens is 296 g/mol. The van der Waals surface area contributed by atoms with E-state index in [1.54, 1.807) is 13.8 Å². The highest BCUT2D eigenvalue weighted by molar-refractivity contribution is 7.92. The number of rotatable bonds is 4. The normalized spacial score (nSPS) is 11.4. The lowest BCUT2D eigenvalue weighted by atomic mass is 10.2. The quantitative estimate of drug-likeness (QED) is 0.661. The van der Waals surface area contributed by atoms with E-state index >= 15 is 0 Å². The van der Waals surface area contributed by atoms with Crippen LogP contribution in [-0.2, 0) is 10.0 Å². The van der Waals surface area contributed by atoms with Gasteiger partial charge in [-0.05, 0) is 32.4 Å². The number of nitro benzene ring substituents is 1. The molecule has 0 saturated carbocycles. The molecule has 0 aliphatic heterocycles. The van der Waals surface area contributed by atoms with Gasteiger partial charge in [0.15, 0.2) is 5.82 Å². The minimum absolute atomic E-state index is 0.0202. The van der Waals surface area contributed by atoms with Crippen LogP contribution in [0.1, 0.15) is 16.8 Å². The summed E-state index contributed by atoms with van der Waals surface area (Å²) in [6, 6.07) is 3.59. The Hall–Kier alpha value is -2.42. The molecule has 1 aromatic carbocycles. The first-order valence-electron chi connectivity index (χ1n) is 6.02. The van der Waals surface area contributed by atoms with Gasteiger partial charge in [-0.1, -0.05) is 0 Å². The Morgan fingerprint density at radius 2 is 1.95 bits per heavy atom. The van der Waals surface area contributed by atoms with Gasteiger partial charge >= 0.3 is 0 Å². The van der Waals surface area contributed by atoms with Gasteiger partial charge in [-0.3, -0.25) is 19.9 Å². The largest absolute Gasteiger partial charge is 0.280 e. The van der Waals surface area contributed by atoms with E-state index in [-0.39, 0.29) is 16.4 Å². The number of nitrogens with zero attached hydrogens (tertiary/aromatic N) is 2. The molecule has 0 radical (unpaired) electrons. The second-order valence-electron chi connectivity index (χ2n) is 4.63. The van der Waals surface area contributed by atoms with Crippen LogP contribution in [0.2, 0.25) is 0 Å². The molecule has 2 N–H and O–H groups in total. The Balaban J connectivity index is 2.40. The van der Waals surface area contributed by atoms with Crippen LogP contribution in [-0.4, -0.2) is 23.5 Å². The summed E-state index contributed by atoms with van der Waals surface area (Å²) in [5, 5.41) is 17.2. The Morgan fingerprint density at radius 1 is 1.29 bits per heavy atom. The van der Waals surface area contributed by atoms with Crippen molar-refractivity contribution in [3.8, 4) is 0 Å². The summed E-state index contributed by atoms with van der Waals surface area (Å²) in [4.78, 5) is 10.1. The zero-order chi connectivity index (χ0) is 15.8. The fraction of sp³-hybridized carbons (Fsp3) is 0.250. The standard InChI is InChI=1S/C12H14N4O4S/c1-7-6-10(16(17)18)4-5-11(7)21(19,20)15-12-8(2)9(3)13-14-12/h4-6H,1-3H3,(H2,13,14,15). The van der Waals surface area contributed by atoms with Crippen molar-refractivity contribution in [2.24, 2.45) is 0 Å². The lowest BCUT2D eigenvalue weighted by molar-refractivity contribution is -0.385. The molecule has 1 heterocycles. The highest BCUT2D eigenvalue weighted by Gasteiger charge is 2.21. The number of aromatic nitrogens is 2. The second kappa shape index (κ2) is 5.17. The lowest BCUT2D eigenvalue weighted by Gasteiger charge is -2.09. The minimum atomic E-state index is -3.85. The number of aromatic amines is 1. The monoisotopic (exact) mass is 310 g/mol. The third kappa shape index (κ3) is 2.87. The number of sulfonamides is 1. The molecule has 2 rings (SSSR count). The molecule has 21 heavy (non-hydrogen) atoms. The van der Waals surface area contributed by atoms with Crippen molar-refractivity contribution in [3.05, 3.63) is 45.1 Å². The van der Waals surface area contributed by atoms with Gasteiger partial charge in [0.2, 0.25) is 0 Å². The maximum atomic E-state index is 12.3. The van der Waals surface area contributed by atoms with Crippen molar-refractivity contribution in [2.75, 3.05) is 4.72 Å². The Kier molecular flexibility index (Phi) is 3.69. The molecule has 9 heteroatoms. The summed E-state index contributed by atoms with van der Waals surface area (Å²) in [6.07, 6.45) is 0. The van der Waals surface area contributed by atoms with E-state index in [1.807, 2.05) is 0 Å². The Labute approximate surface area is 121 Å². The summed E-state index contributed by atoms with van der Waals surface area (Å²) in [5.74, 6) is 0.213. The third-order valence-electron chi connectivity index (χ3n) is 3.14. The predicted molar refractivity (Wildman–Crippen MR) is 76.7 cm³/mol. The van der Waals surface area contributed by atoms with Crippen LogP contribution < -0.4 is 4.72 Å². The molecule has 2 aromatic rings. The maximum absolute atomic E-state index is 12.3. The van der Waals surface area contributed by atoms with Gasteiger partial charge in [-0.25, -0.2) is 8.42 Å². The lowest BCUT2D eigenvalue weighted by Crippen LogP contribution is -2.15. The van der Waals surface area contributed by atoms with Crippen molar-refractivity contribution in [3.63, 3.8) is 0 Å². The molecule has 0 saturated heterocycles. The van der Waals surface area contributed by atoms with E-state index in [0.717, 1.165) is 11.8 Å². The van der Waals surface area contributed by atoms with E-state index in [2.05, 4.69) is 14.9 Å². The van der Waals surface area contributed by atoms with Gasteiger partial charge in [0.05, 0.1) is 9.82 Å². The van der Waals surface area contributed by atoms with Gasteiger partial charge < -0.3 is 0 Å². The average molecular weight is 310 g/mol. The average Bonchev–Trinajstić information content (AvgIpc) is 2.69. The van der Waals surface area contributed by atoms with Crippen molar-refractivity contribution in [1.82, 2.24) is 10.2 Å². The van der Waals surface area contributed by atoms with Crippen LogP contribution in [0, 0.1) is 30.9 Å². The van der Waals surface area contributed by atoms with E-state index in [1.165, 1.54) is 19.1 Å². The second-order valence-corrected chi connectivity index (χ2v) is 6.29. The number of benzene rings is 1. The molecule has 0 unspecified atom stereocenters. The Bertz CT molecular complexity index is 811. The number of nitrogens with one attached hydrogen (secondary N) is 2. The highest BCUT2D eigenvalue weighted by atomic mass is 32.2. The molecule has 0 aliphatic carbocycles. The number of hydrogen-bond donors (Lipinski definition) is 2. The fourth-order valence-electron chi connectivity index (χ4n) is 1.82. The van der Waals surface area contributed by atoms with Crippen LogP contribution in [0.3, 0.4) is 0 Å². The van der Waals surface area contributed by atoms with E-state index in [0.29, 0.717) is 11.1 Å². The van der Waals surface area contributed by atoms with Crippen molar-refractivity contribution in [2.45, 2.75) is 25.7 Å². The van der Waals surface area contributed by atoms with Crippen LogP contribution in [0.5, 0.6) is 0 Å². The number of aryl methyl sites for hydroxylation is 2. The summed E-state index contributed by atoms with van der Waals surface area (Å²) >= 11 is 0. The van der Waals surface area contributed by atoms with Crippen LogP contribution in [0.4, 0.5) is 11.5 Å².